The summed E-state index contributed by atoms with van der Waals surface area (Å²) >= 11 is 0. The van der Waals surface area contributed by atoms with E-state index in [0.717, 1.165) is 0 Å². The zero-order valence-electron chi connectivity index (χ0n) is 7.52. The molecule has 72 valence electrons. The van der Waals surface area contributed by atoms with Crippen LogP contribution in [-0.4, -0.2) is 19.2 Å². The summed E-state index contributed by atoms with van der Waals surface area (Å²) in [6.45, 7) is 3.26. The van der Waals surface area contributed by atoms with Crippen molar-refractivity contribution in [1.82, 2.24) is 4.98 Å². The quantitative estimate of drug-likeness (QED) is 0.687. The Morgan fingerprint density at radius 2 is 2.23 bits per heavy atom. The van der Waals surface area contributed by atoms with Crippen LogP contribution in [0.25, 0.3) is 0 Å². The Hall–Kier alpha value is -1.10. The molecular weight excluding hydrogens is 190 g/mol. The van der Waals surface area contributed by atoms with Gasteiger partial charge in [-0.05, 0) is 19.9 Å². The van der Waals surface area contributed by atoms with Gasteiger partial charge in [0.15, 0.2) is 0 Å². The fourth-order valence-corrected chi connectivity index (χ4v) is 1.27. The van der Waals surface area contributed by atoms with Crippen LogP contribution in [0.1, 0.15) is 12.5 Å². The predicted molar refractivity (Wildman–Crippen MR) is 49.1 cm³/mol. The van der Waals surface area contributed by atoms with Crippen LogP contribution in [0.4, 0.5) is 0 Å². The van der Waals surface area contributed by atoms with E-state index in [4.69, 9.17) is 4.18 Å². The summed E-state index contributed by atoms with van der Waals surface area (Å²) in [5, 5.41) is 0. The molecule has 13 heavy (non-hydrogen) atoms. The molecule has 1 rings (SSSR count). The van der Waals surface area contributed by atoms with E-state index in [-0.39, 0.29) is 11.6 Å². The van der Waals surface area contributed by atoms with Gasteiger partial charge in [0.1, 0.15) is 0 Å². The second-order valence-electron chi connectivity index (χ2n) is 2.56. The molecule has 0 fully saturated rings. The number of rotatable bonds is 3. The van der Waals surface area contributed by atoms with Gasteiger partial charge < -0.3 is 4.18 Å². The van der Waals surface area contributed by atoms with Crippen LogP contribution in [0.2, 0.25) is 0 Å². The zero-order valence-corrected chi connectivity index (χ0v) is 8.34. The Labute approximate surface area is 77.7 Å². The first kappa shape index (κ1) is 9.98. The number of aromatic nitrogens is 1. The Morgan fingerprint density at radius 3 is 2.77 bits per heavy atom. The van der Waals surface area contributed by atoms with E-state index in [1.54, 1.807) is 19.1 Å². The maximum atomic E-state index is 11.1. The lowest BCUT2D eigenvalue weighted by Crippen LogP contribution is -2.12. The molecular formula is C8H11NO3S. The van der Waals surface area contributed by atoms with Crippen molar-refractivity contribution in [2.24, 2.45) is 0 Å². The molecule has 0 atom stereocenters. The zero-order chi connectivity index (χ0) is 9.90. The van der Waals surface area contributed by atoms with Gasteiger partial charge in [0.25, 0.3) is 0 Å². The number of pyridine rings is 1. The fourth-order valence-electron chi connectivity index (χ4n) is 0.738. The van der Waals surface area contributed by atoms with Crippen molar-refractivity contribution in [3.63, 3.8) is 0 Å². The van der Waals surface area contributed by atoms with Gasteiger partial charge >= 0.3 is 10.1 Å². The highest BCUT2D eigenvalue weighted by Gasteiger charge is 2.11. The highest BCUT2D eigenvalue weighted by molar-refractivity contribution is 7.87. The summed E-state index contributed by atoms with van der Waals surface area (Å²) in [6.07, 6.45) is 1.49. The maximum absolute atomic E-state index is 11.1. The van der Waals surface area contributed by atoms with Gasteiger partial charge in [-0.15, -0.1) is 0 Å². The first-order valence-corrected chi connectivity index (χ1v) is 5.46. The Bertz CT molecular complexity index is 386. The van der Waals surface area contributed by atoms with Crippen molar-refractivity contribution in [2.45, 2.75) is 13.8 Å². The number of aryl methyl sites for hydroxylation is 1. The van der Waals surface area contributed by atoms with Crippen LogP contribution in [0, 0.1) is 6.92 Å². The molecule has 0 aliphatic rings. The highest BCUT2D eigenvalue weighted by atomic mass is 32.2. The molecule has 0 saturated carbocycles. The Kier molecular flexibility index (Phi) is 2.87. The molecule has 4 nitrogen and oxygen atoms in total. The minimum Gasteiger partial charge on any atom is -0.361 e. The molecule has 0 aliphatic heterocycles. The lowest BCUT2D eigenvalue weighted by atomic mass is 10.3. The van der Waals surface area contributed by atoms with Crippen molar-refractivity contribution >= 4 is 10.1 Å². The van der Waals surface area contributed by atoms with Gasteiger partial charge in [0, 0.05) is 11.8 Å². The fraction of sp³-hybridized carbons (Fsp3) is 0.375. The third-order valence-electron chi connectivity index (χ3n) is 1.52. The lowest BCUT2D eigenvalue weighted by molar-refractivity contribution is 0.475. The normalized spacial score (nSPS) is 11.2. The molecule has 0 radical (unpaired) electrons. The summed E-state index contributed by atoms with van der Waals surface area (Å²) in [7, 11) is -3.46. The summed E-state index contributed by atoms with van der Waals surface area (Å²) in [5.74, 6) is 0.104. The average molecular weight is 201 g/mol. The summed E-state index contributed by atoms with van der Waals surface area (Å²) in [5.41, 5.74) is 0.708. The molecule has 0 spiro atoms. The van der Waals surface area contributed by atoms with Crippen molar-refractivity contribution in [3.05, 3.63) is 23.9 Å². The van der Waals surface area contributed by atoms with E-state index in [0.29, 0.717) is 5.56 Å². The average Bonchev–Trinajstić information content (AvgIpc) is 2.09. The lowest BCUT2D eigenvalue weighted by Gasteiger charge is -2.05. The van der Waals surface area contributed by atoms with Crippen LogP contribution >= 0.6 is 0 Å². The number of hydrogen-bond acceptors (Lipinski definition) is 4. The minimum absolute atomic E-state index is 0.0526. The molecule has 0 saturated heterocycles. The van der Waals surface area contributed by atoms with Gasteiger partial charge in [-0.25, -0.2) is 4.98 Å². The molecule has 1 aromatic rings. The van der Waals surface area contributed by atoms with Crippen LogP contribution in [0.5, 0.6) is 5.88 Å². The summed E-state index contributed by atoms with van der Waals surface area (Å²) < 4.78 is 26.9. The van der Waals surface area contributed by atoms with Gasteiger partial charge in [0.2, 0.25) is 5.88 Å². The van der Waals surface area contributed by atoms with Crippen molar-refractivity contribution in [2.75, 3.05) is 5.75 Å². The smallest absolute Gasteiger partial charge is 0.310 e. The molecule has 0 N–H and O–H groups in total. The Morgan fingerprint density at radius 1 is 1.54 bits per heavy atom. The largest absolute Gasteiger partial charge is 0.361 e. The standard InChI is InChI=1S/C8H11NO3S/c1-3-13(10,11)12-8-7(2)5-4-6-9-8/h4-6H,3H2,1-2H3. The van der Waals surface area contributed by atoms with Crippen molar-refractivity contribution in [3.8, 4) is 5.88 Å². The van der Waals surface area contributed by atoms with Crippen LogP contribution in [0.3, 0.4) is 0 Å². The second kappa shape index (κ2) is 3.74. The molecule has 0 unspecified atom stereocenters. The third-order valence-corrected chi connectivity index (χ3v) is 2.64. The van der Waals surface area contributed by atoms with Crippen LogP contribution in [0.15, 0.2) is 18.3 Å². The molecule has 0 amide bonds. The van der Waals surface area contributed by atoms with E-state index >= 15 is 0 Å². The molecule has 0 aromatic carbocycles. The first-order valence-electron chi connectivity index (χ1n) is 3.89. The first-order chi connectivity index (χ1) is 6.05. The third kappa shape index (κ3) is 2.69. The van der Waals surface area contributed by atoms with Gasteiger partial charge in [0.05, 0.1) is 5.75 Å². The summed E-state index contributed by atoms with van der Waals surface area (Å²) in [6, 6.07) is 3.47. The molecule has 0 aliphatic carbocycles. The van der Waals surface area contributed by atoms with Crippen LogP contribution < -0.4 is 4.18 Å². The van der Waals surface area contributed by atoms with E-state index in [1.165, 1.54) is 13.1 Å². The Balaban J connectivity index is 2.93. The topological polar surface area (TPSA) is 56.3 Å². The molecule has 1 aromatic heterocycles. The number of nitrogens with zero attached hydrogens (tertiary/aromatic N) is 1. The van der Waals surface area contributed by atoms with Gasteiger partial charge in [-0.2, -0.15) is 8.42 Å². The van der Waals surface area contributed by atoms with E-state index < -0.39 is 10.1 Å². The predicted octanol–water partition coefficient (Wildman–Crippen LogP) is 1.12. The SMILES string of the molecule is CCS(=O)(=O)Oc1ncccc1C. The molecule has 1 heterocycles. The monoisotopic (exact) mass is 201 g/mol. The highest BCUT2D eigenvalue weighted by Crippen LogP contribution is 2.14. The van der Waals surface area contributed by atoms with E-state index in [2.05, 4.69) is 4.98 Å². The summed E-state index contributed by atoms with van der Waals surface area (Å²) in [4.78, 5) is 3.81. The van der Waals surface area contributed by atoms with Gasteiger partial charge in [-0.1, -0.05) is 6.07 Å². The number of hydrogen-bond donors (Lipinski definition) is 0. The molecule has 5 heteroatoms. The van der Waals surface area contributed by atoms with Crippen LogP contribution in [-0.2, 0) is 10.1 Å². The van der Waals surface area contributed by atoms with Crippen molar-refractivity contribution in [1.29, 1.82) is 0 Å². The van der Waals surface area contributed by atoms with E-state index in [9.17, 15) is 8.42 Å². The second-order valence-corrected chi connectivity index (χ2v) is 4.41. The minimum atomic E-state index is -3.46. The molecule has 0 bridgehead atoms. The van der Waals surface area contributed by atoms with Crippen molar-refractivity contribution < 1.29 is 12.6 Å². The van der Waals surface area contributed by atoms with E-state index in [1.807, 2.05) is 0 Å². The van der Waals surface area contributed by atoms with Gasteiger partial charge in [-0.3, -0.25) is 0 Å². The maximum Gasteiger partial charge on any atom is 0.310 e.